The maximum Gasteiger partial charge on any atom is 0.246 e. The van der Waals surface area contributed by atoms with Gasteiger partial charge in [-0.25, -0.2) is 0 Å². The van der Waals surface area contributed by atoms with Crippen molar-refractivity contribution >= 4 is 17.9 Å². The van der Waals surface area contributed by atoms with Gasteiger partial charge in [0.1, 0.15) is 0 Å². The van der Waals surface area contributed by atoms with Crippen LogP contribution >= 0.6 is 0 Å². The van der Waals surface area contributed by atoms with E-state index in [9.17, 15) is 9.59 Å². The molecule has 3 aromatic rings. The summed E-state index contributed by atoms with van der Waals surface area (Å²) in [5.74, 6) is 0.468. The van der Waals surface area contributed by atoms with Crippen molar-refractivity contribution in [2.24, 2.45) is 5.92 Å². The zero-order chi connectivity index (χ0) is 23.5. The summed E-state index contributed by atoms with van der Waals surface area (Å²) in [7, 11) is 0. The Labute approximate surface area is 200 Å². The van der Waals surface area contributed by atoms with Gasteiger partial charge in [0.25, 0.3) is 0 Å². The Morgan fingerprint density at radius 2 is 1.62 bits per heavy atom. The number of aromatic nitrogens is 2. The number of benzene rings is 2. The van der Waals surface area contributed by atoms with Gasteiger partial charge in [-0.1, -0.05) is 60.2 Å². The van der Waals surface area contributed by atoms with Crippen molar-refractivity contribution in [3.8, 4) is 11.3 Å². The number of rotatable bonds is 6. The predicted octanol–water partition coefficient (Wildman–Crippen LogP) is 4.00. The number of amides is 2. The monoisotopic (exact) mass is 454 g/mol. The summed E-state index contributed by atoms with van der Waals surface area (Å²) in [6.45, 7) is 5.14. The molecule has 0 spiro atoms. The molecule has 1 aliphatic heterocycles. The first kappa shape index (κ1) is 22.1. The zero-order valence-corrected chi connectivity index (χ0v) is 19.6. The lowest BCUT2D eigenvalue weighted by Gasteiger charge is -2.34. The highest BCUT2D eigenvalue weighted by Crippen LogP contribution is 2.31. The maximum absolute atomic E-state index is 12.9. The summed E-state index contributed by atoms with van der Waals surface area (Å²) >= 11 is 0. The standard InChI is InChI=1S/C28H30N4O2/c1-21-7-9-23(10-8-21)27-25(20-32(29-27)19-22-5-3-2-4-6-22)13-14-26(33)30-15-17-31(18-16-30)28(34)24-11-12-24/h2-10,13-14,20,24H,11-12,15-19H2,1H3. The van der Waals surface area contributed by atoms with E-state index >= 15 is 0 Å². The van der Waals surface area contributed by atoms with E-state index in [1.165, 1.54) is 11.1 Å². The number of nitrogens with zero attached hydrogens (tertiary/aromatic N) is 4. The Kier molecular flexibility index (Phi) is 6.30. The Hall–Kier alpha value is -3.67. The third kappa shape index (κ3) is 5.11. The highest BCUT2D eigenvalue weighted by molar-refractivity contribution is 5.93. The summed E-state index contributed by atoms with van der Waals surface area (Å²) in [6, 6.07) is 18.5. The summed E-state index contributed by atoms with van der Waals surface area (Å²) in [5.41, 5.74) is 5.16. The Bertz CT molecular complexity index is 1180. The molecule has 2 amide bonds. The van der Waals surface area contributed by atoms with E-state index in [0.717, 1.165) is 29.7 Å². The third-order valence-electron chi connectivity index (χ3n) is 6.54. The van der Waals surface area contributed by atoms with Crippen LogP contribution in [0.4, 0.5) is 0 Å². The first-order valence-corrected chi connectivity index (χ1v) is 12.0. The molecular weight excluding hydrogens is 424 g/mol. The minimum atomic E-state index is -0.0239. The molecule has 6 heteroatoms. The van der Waals surface area contributed by atoms with E-state index in [2.05, 4.69) is 43.3 Å². The third-order valence-corrected chi connectivity index (χ3v) is 6.54. The lowest BCUT2D eigenvalue weighted by atomic mass is 10.1. The van der Waals surface area contributed by atoms with Gasteiger partial charge in [-0.2, -0.15) is 5.10 Å². The largest absolute Gasteiger partial charge is 0.339 e. The van der Waals surface area contributed by atoms with Crippen molar-refractivity contribution in [2.75, 3.05) is 26.2 Å². The van der Waals surface area contributed by atoms with Crippen molar-refractivity contribution in [2.45, 2.75) is 26.3 Å². The molecule has 1 saturated carbocycles. The fraction of sp³-hybridized carbons (Fsp3) is 0.321. The second kappa shape index (κ2) is 9.67. The summed E-state index contributed by atoms with van der Waals surface area (Å²) in [6.07, 6.45) is 7.54. The SMILES string of the molecule is Cc1ccc(-c2nn(Cc3ccccc3)cc2C=CC(=O)N2CCN(C(=O)C3CC3)CC2)cc1. The van der Waals surface area contributed by atoms with Crippen molar-refractivity contribution in [1.82, 2.24) is 19.6 Å². The number of carbonyl (C=O) groups is 2. The quantitative estimate of drug-likeness (QED) is 0.529. The van der Waals surface area contributed by atoms with Gasteiger partial charge in [0, 0.05) is 55.5 Å². The predicted molar refractivity (Wildman–Crippen MR) is 133 cm³/mol. The number of piperazine rings is 1. The molecule has 0 bridgehead atoms. The molecule has 1 aliphatic carbocycles. The Balaban J connectivity index is 1.31. The zero-order valence-electron chi connectivity index (χ0n) is 19.6. The molecular formula is C28H30N4O2. The van der Waals surface area contributed by atoms with Crippen molar-refractivity contribution < 1.29 is 9.59 Å². The molecule has 2 aromatic carbocycles. The average molecular weight is 455 g/mol. The smallest absolute Gasteiger partial charge is 0.246 e. The lowest BCUT2D eigenvalue weighted by molar-refractivity contribution is -0.138. The average Bonchev–Trinajstić information content (AvgIpc) is 3.64. The molecule has 0 atom stereocenters. The van der Waals surface area contributed by atoms with Crippen molar-refractivity contribution in [3.63, 3.8) is 0 Å². The van der Waals surface area contributed by atoms with E-state index in [1.54, 1.807) is 6.08 Å². The van der Waals surface area contributed by atoms with Crippen LogP contribution in [-0.4, -0.2) is 57.6 Å². The van der Waals surface area contributed by atoms with Crippen LogP contribution in [-0.2, 0) is 16.1 Å². The number of hydrogen-bond donors (Lipinski definition) is 0. The molecule has 0 N–H and O–H groups in total. The number of carbonyl (C=O) groups excluding carboxylic acids is 2. The topological polar surface area (TPSA) is 58.4 Å². The molecule has 0 radical (unpaired) electrons. The fourth-order valence-electron chi connectivity index (χ4n) is 4.35. The maximum atomic E-state index is 12.9. The lowest BCUT2D eigenvalue weighted by Crippen LogP contribution is -2.50. The van der Waals surface area contributed by atoms with E-state index in [0.29, 0.717) is 32.7 Å². The highest BCUT2D eigenvalue weighted by Gasteiger charge is 2.34. The Morgan fingerprint density at radius 3 is 2.29 bits per heavy atom. The van der Waals surface area contributed by atoms with Gasteiger partial charge in [-0.3, -0.25) is 14.3 Å². The van der Waals surface area contributed by atoms with Gasteiger partial charge in [0.15, 0.2) is 0 Å². The van der Waals surface area contributed by atoms with Crippen LogP contribution in [0.3, 0.4) is 0 Å². The molecule has 34 heavy (non-hydrogen) atoms. The van der Waals surface area contributed by atoms with Gasteiger partial charge >= 0.3 is 0 Å². The van der Waals surface area contributed by atoms with Gasteiger partial charge < -0.3 is 9.80 Å². The molecule has 2 fully saturated rings. The van der Waals surface area contributed by atoms with Crippen LogP contribution in [0.15, 0.2) is 66.9 Å². The first-order valence-electron chi connectivity index (χ1n) is 12.0. The normalized spacial score (nSPS) is 16.3. The van der Waals surface area contributed by atoms with E-state index in [-0.39, 0.29) is 17.7 Å². The second-order valence-electron chi connectivity index (χ2n) is 9.24. The minimum Gasteiger partial charge on any atom is -0.339 e. The summed E-state index contributed by atoms with van der Waals surface area (Å²) < 4.78 is 1.93. The van der Waals surface area contributed by atoms with Crippen molar-refractivity contribution in [1.29, 1.82) is 0 Å². The molecule has 6 nitrogen and oxygen atoms in total. The van der Waals surface area contributed by atoms with Crippen LogP contribution in [0.1, 0.15) is 29.5 Å². The van der Waals surface area contributed by atoms with Crippen LogP contribution < -0.4 is 0 Å². The first-order chi connectivity index (χ1) is 16.6. The van der Waals surface area contributed by atoms with Crippen molar-refractivity contribution in [3.05, 3.63) is 83.6 Å². The van der Waals surface area contributed by atoms with Crippen LogP contribution in [0.5, 0.6) is 0 Å². The van der Waals surface area contributed by atoms with E-state index in [4.69, 9.17) is 5.10 Å². The molecule has 174 valence electrons. The molecule has 2 heterocycles. The molecule has 1 saturated heterocycles. The minimum absolute atomic E-state index is 0.0239. The molecule has 2 aliphatic rings. The van der Waals surface area contributed by atoms with Crippen LogP contribution in [0.25, 0.3) is 17.3 Å². The van der Waals surface area contributed by atoms with Gasteiger partial charge in [0.05, 0.1) is 12.2 Å². The fourth-order valence-corrected chi connectivity index (χ4v) is 4.35. The second-order valence-corrected chi connectivity index (χ2v) is 9.24. The van der Waals surface area contributed by atoms with Crippen LogP contribution in [0, 0.1) is 12.8 Å². The number of aryl methyl sites for hydroxylation is 1. The molecule has 5 rings (SSSR count). The highest BCUT2D eigenvalue weighted by atomic mass is 16.2. The van der Waals surface area contributed by atoms with Gasteiger partial charge in [0.2, 0.25) is 11.8 Å². The summed E-state index contributed by atoms with van der Waals surface area (Å²) in [4.78, 5) is 28.9. The van der Waals surface area contributed by atoms with E-state index < -0.39 is 0 Å². The van der Waals surface area contributed by atoms with Gasteiger partial charge in [-0.15, -0.1) is 0 Å². The van der Waals surface area contributed by atoms with E-state index in [1.807, 2.05) is 45.0 Å². The Morgan fingerprint density at radius 1 is 0.941 bits per heavy atom. The van der Waals surface area contributed by atoms with Gasteiger partial charge in [-0.05, 0) is 31.4 Å². The molecule has 0 unspecified atom stereocenters. The number of hydrogen-bond acceptors (Lipinski definition) is 3. The summed E-state index contributed by atoms with van der Waals surface area (Å²) in [5, 5.41) is 4.84. The van der Waals surface area contributed by atoms with Crippen LogP contribution in [0.2, 0.25) is 0 Å². The molecule has 1 aromatic heterocycles.